The molecule has 1 amide bonds. The first-order valence-corrected chi connectivity index (χ1v) is 18.1. The molecule has 0 saturated carbocycles. The molecule has 5 aliphatic heterocycles. The zero-order valence-electron chi connectivity index (χ0n) is 32.2. The monoisotopic (exact) mass is 726 g/mol. The van der Waals surface area contributed by atoms with E-state index in [4.69, 9.17) is 37.9 Å². The minimum absolute atomic E-state index is 0.134. The van der Waals surface area contributed by atoms with Gasteiger partial charge in [-0.3, -0.25) is 19.2 Å². The number of rotatable bonds is 7. The van der Waals surface area contributed by atoms with Crippen LogP contribution in [0.25, 0.3) is 0 Å². The van der Waals surface area contributed by atoms with Gasteiger partial charge < -0.3 is 47.7 Å². The Kier molecular flexibility index (Phi) is 12.7. The summed E-state index contributed by atoms with van der Waals surface area (Å²) in [5, 5.41) is 0. The van der Waals surface area contributed by atoms with Gasteiger partial charge in [0.05, 0.1) is 29.6 Å². The highest BCUT2D eigenvalue weighted by molar-refractivity contribution is 5.81. The Morgan fingerprint density at radius 1 is 0.941 bits per heavy atom. The molecule has 5 fully saturated rings. The molecule has 290 valence electrons. The summed E-state index contributed by atoms with van der Waals surface area (Å²) in [4.78, 5) is 69.4. The first-order valence-electron chi connectivity index (χ1n) is 18.1. The third kappa shape index (κ3) is 8.63. The predicted octanol–water partition coefficient (Wildman–Crippen LogP) is 3.44. The topological polar surface area (TPSA) is 166 Å². The SMILES string of the molecule is CC[C@H]1OC(=O)[C@H](C)[C@@H](OC(C)=O)[C@H](C)[C@@H](O[C@@H]2O[C@H](C)CC(CN(C)C)[C@H]2OC(C)=O)[C@@]2(C)C[C@@H](C)N(CO2)C(=O)[C@H](C)[C@H]2OC(=O)O[C@@]21C. The van der Waals surface area contributed by atoms with Crippen molar-refractivity contribution in [3.63, 3.8) is 0 Å². The van der Waals surface area contributed by atoms with E-state index in [1.165, 1.54) is 13.8 Å². The molecule has 15 nitrogen and oxygen atoms in total. The second kappa shape index (κ2) is 15.9. The van der Waals surface area contributed by atoms with Gasteiger partial charge in [-0.25, -0.2) is 4.79 Å². The van der Waals surface area contributed by atoms with Crippen molar-refractivity contribution in [3.05, 3.63) is 0 Å². The van der Waals surface area contributed by atoms with Gasteiger partial charge >= 0.3 is 24.1 Å². The highest BCUT2D eigenvalue weighted by Gasteiger charge is 2.60. The van der Waals surface area contributed by atoms with Crippen molar-refractivity contribution in [2.75, 3.05) is 27.4 Å². The molecule has 0 aromatic carbocycles. The minimum Gasteiger partial charge on any atom is -0.461 e. The Morgan fingerprint density at radius 2 is 1.57 bits per heavy atom. The van der Waals surface area contributed by atoms with Gasteiger partial charge in [0.15, 0.2) is 24.1 Å². The van der Waals surface area contributed by atoms with E-state index in [1.54, 1.807) is 39.5 Å². The normalized spacial score (nSPS) is 42.2. The summed E-state index contributed by atoms with van der Waals surface area (Å²) >= 11 is 0. The molecule has 5 aliphatic rings. The predicted molar refractivity (Wildman–Crippen MR) is 180 cm³/mol. The number of carbonyl (C=O) groups excluding carboxylic acids is 5. The molecular formula is C36H58N2O13. The lowest BCUT2D eigenvalue weighted by Gasteiger charge is -2.51. The highest BCUT2D eigenvalue weighted by atomic mass is 16.8. The third-order valence-corrected chi connectivity index (χ3v) is 10.9. The van der Waals surface area contributed by atoms with Crippen LogP contribution in [0.2, 0.25) is 0 Å². The maximum absolute atomic E-state index is 14.1. The zero-order chi connectivity index (χ0) is 38.2. The molecule has 5 heterocycles. The van der Waals surface area contributed by atoms with Crippen LogP contribution in [-0.2, 0) is 57.1 Å². The molecule has 51 heavy (non-hydrogen) atoms. The van der Waals surface area contributed by atoms with Crippen LogP contribution in [0.4, 0.5) is 4.79 Å². The second-order valence-corrected chi connectivity index (χ2v) is 15.6. The summed E-state index contributed by atoms with van der Waals surface area (Å²) in [6, 6.07) is -0.396. The van der Waals surface area contributed by atoms with E-state index in [-0.39, 0.29) is 37.5 Å². The average molecular weight is 727 g/mol. The number of fused-ring (bicyclic) bond motifs is 9. The molecule has 5 saturated heterocycles. The third-order valence-electron chi connectivity index (χ3n) is 10.9. The van der Waals surface area contributed by atoms with Crippen LogP contribution in [0.1, 0.15) is 88.5 Å². The summed E-state index contributed by atoms with van der Waals surface area (Å²) in [7, 11) is 3.87. The molecule has 5 rings (SSSR count). The van der Waals surface area contributed by atoms with E-state index in [1.807, 2.05) is 39.8 Å². The molecule has 15 heteroatoms. The molecule has 14 atom stereocenters. The lowest BCUT2D eigenvalue weighted by molar-refractivity contribution is -0.314. The number of esters is 3. The van der Waals surface area contributed by atoms with E-state index >= 15 is 0 Å². The van der Waals surface area contributed by atoms with Crippen molar-refractivity contribution in [1.29, 1.82) is 0 Å². The number of amides is 1. The van der Waals surface area contributed by atoms with Crippen molar-refractivity contribution in [2.45, 2.75) is 149 Å². The van der Waals surface area contributed by atoms with Crippen LogP contribution in [0.15, 0.2) is 0 Å². The van der Waals surface area contributed by atoms with Crippen molar-refractivity contribution >= 4 is 30.0 Å². The quantitative estimate of drug-likeness (QED) is 0.277. The summed E-state index contributed by atoms with van der Waals surface area (Å²) < 4.78 is 48.9. The van der Waals surface area contributed by atoms with Gasteiger partial charge in [0.1, 0.15) is 18.9 Å². The molecule has 0 spiro atoms. The van der Waals surface area contributed by atoms with E-state index in [2.05, 4.69) is 0 Å². The van der Waals surface area contributed by atoms with E-state index in [9.17, 15) is 24.0 Å². The molecule has 0 aliphatic carbocycles. The number of ether oxygens (including phenoxy) is 8. The summed E-state index contributed by atoms with van der Waals surface area (Å²) in [6.07, 6.45) is -6.01. The minimum atomic E-state index is -1.50. The van der Waals surface area contributed by atoms with Gasteiger partial charge in [0.2, 0.25) is 5.91 Å². The van der Waals surface area contributed by atoms with Gasteiger partial charge in [-0.2, -0.15) is 0 Å². The number of hydrogen-bond donors (Lipinski definition) is 0. The van der Waals surface area contributed by atoms with Crippen LogP contribution < -0.4 is 0 Å². The van der Waals surface area contributed by atoms with Gasteiger partial charge in [0.25, 0.3) is 0 Å². The molecule has 0 aromatic rings. The Bertz CT molecular complexity index is 1310. The fourth-order valence-corrected chi connectivity index (χ4v) is 8.53. The smallest absolute Gasteiger partial charge is 0.461 e. The first kappa shape index (κ1) is 40.8. The molecule has 1 unspecified atom stereocenters. The Labute approximate surface area is 301 Å². The van der Waals surface area contributed by atoms with Gasteiger partial charge in [0, 0.05) is 38.3 Å². The van der Waals surface area contributed by atoms with Crippen LogP contribution in [0.5, 0.6) is 0 Å². The Balaban J connectivity index is 1.84. The van der Waals surface area contributed by atoms with Crippen molar-refractivity contribution in [2.24, 2.45) is 23.7 Å². The van der Waals surface area contributed by atoms with E-state index in [0.29, 0.717) is 13.0 Å². The summed E-state index contributed by atoms with van der Waals surface area (Å²) in [5.74, 6) is -4.95. The van der Waals surface area contributed by atoms with Gasteiger partial charge in [-0.1, -0.05) is 13.8 Å². The fourth-order valence-electron chi connectivity index (χ4n) is 8.53. The average Bonchev–Trinajstić information content (AvgIpc) is 3.34. The lowest BCUT2D eigenvalue weighted by Crippen LogP contribution is -2.63. The zero-order valence-corrected chi connectivity index (χ0v) is 32.2. The van der Waals surface area contributed by atoms with Crippen molar-refractivity contribution < 1.29 is 61.9 Å². The van der Waals surface area contributed by atoms with E-state index in [0.717, 1.165) is 0 Å². The largest absolute Gasteiger partial charge is 0.509 e. The maximum Gasteiger partial charge on any atom is 0.509 e. The van der Waals surface area contributed by atoms with Crippen molar-refractivity contribution in [3.8, 4) is 0 Å². The van der Waals surface area contributed by atoms with Crippen molar-refractivity contribution in [1.82, 2.24) is 9.80 Å². The molecule has 0 aromatic heterocycles. The van der Waals surface area contributed by atoms with Crippen LogP contribution in [0, 0.1) is 23.7 Å². The molecular weight excluding hydrogens is 668 g/mol. The van der Waals surface area contributed by atoms with Gasteiger partial charge in [-0.05, 0) is 74.9 Å². The molecule has 0 N–H and O–H groups in total. The number of carbonyl (C=O) groups is 5. The number of hydrogen-bond acceptors (Lipinski definition) is 14. The maximum atomic E-state index is 14.1. The highest BCUT2D eigenvalue weighted by Crippen LogP contribution is 2.43. The Morgan fingerprint density at radius 3 is 2.14 bits per heavy atom. The molecule has 2 bridgehead atoms. The van der Waals surface area contributed by atoms with Crippen LogP contribution in [0.3, 0.4) is 0 Å². The standard InChI is InChI=1S/C36H58N2O13/c1-13-26-36(10)30(50-34(43)51-36)22(6)31(41)38-17-44-35(9,15-18(38)2)29(20(4)27(46-23(7)39)21(5)32(42)48-26)49-33-28(47-24(8)40)25(16-37(11)12)14-19(3)45-33/h18-22,25-30,33H,13-17H2,1-12H3/t18-,19-,20+,21-,22-,25?,26-,27+,28-,29-,30-,33+,35-,36-/m1/s1. The first-order chi connectivity index (χ1) is 23.7. The Hall–Kier alpha value is -3.01. The number of nitrogens with zero attached hydrogens (tertiary/aromatic N) is 2. The molecule has 0 radical (unpaired) electrons. The lowest BCUT2D eigenvalue weighted by atomic mass is 9.78. The summed E-state index contributed by atoms with van der Waals surface area (Å²) in [5.41, 5.74) is -2.63. The second-order valence-electron chi connectivity index (χ2n) is 15.6. The van der Waals surface area contributed by atoms with Gasteiger partial charge in [-0.15, -0.1) is 0 Å². The van der Waals surface area contributed by atoms with E-state index < -0.39 is 95.9 Å². The van der Waals surface area contributed by atoms with Crippen LogP contribution in [-0.4, -0.2) is 127 Å². The van der Waals surface area contributed by atoms with Crippen LogP contribution >= 0.6 is 0 Å². The fraction of sp³-hybridized carbons (Fsp3) is 0.861. The summed E-state index contributed by atoms with van der Waals surface area (Å²) in [6.45, 7) is 17.1.